The third-order valence-electron chi connectivity index (χ3n) is 2.51. The number of nitrogens with zero attached hydrogens (tertiary/aromatic N) is 1. The fraction of sp³-hybridized carbons (Fsp3) is 0.909. The minimum Gasteiger partial charge on any atom is -0.393 e. The normalized spacial score (nSPS) is 13.2. The van der Waals surface area contributed by atoms with Crippen molar-refractivity contribution >= 4 is 14.6 Å². The molecule has 1 unspecified atom stereocenters. The van der Waals surface area contributed by atoms with Gasteiger partial charge in [0.15, 0.2) is 0 Å². The van der Waals surface area contributed by atoms with Gasteiger partial charge >= 0.3 is 8.56 Å². The third kappa shape index (κ3) is 5.03. The molecular formula is C11H23NO3Si. The fourth-order valence-electron chi connectivity index (χ4n) is 1.71. The minimum absolute atomic E-state index is 0.134. The average molecular weight is 245 g/mol. The van der Waals surface area contributed by atoms with Gasteiger partial charge in [-0.1, -0.05) is 19.8 Å². The van der Waals surface area contributed by atoms with E-state index in [0.717, 1.165) is 19.3 Å². The molecule has 0 spiro atoms. The number of unbranched alkanes of at least 4 members (excludes halogenated alkanes) is 1. The molecule has 0 aromatic heterocycles. The molecule has 0 aliphatic heterocycles. The molecule has 0 fully saturated rings. The number of hydrogen-bond acceptors (Lipinski definition) is 4. The van der Waals surface area contributed by atoms with E-state index in [2.05, 4.69) is 11.9 Å². The Labute approximate surface area is 99.3 Å². The highest BCUT2D eigenvalue weighted by molar-refractivity contribution is 6.67. The van der Waals surface area contributed by atoms with Crippen molar-refractivity contribution in [3.8, 4) is 0 Å². The third-order valence-corrected chi connectivity index (χ3v) is 5.86. The Kier molecular flexibility index (Phi) is 8.38. The van der Waals surface area contributed by atoms with Crippen molar-refractivity contribution in [3.05, 3.63) is 0 Å². The Morgan fingerprint density at radius 2 is 1.81 bits per heavy atom. The van der Waals surface area contributed by atoms with E-state index < -0.39 is 8.56 Å². The maximum atomic E-state index is 10.5. The molecule has 0 saturated carbocycles. The van der Waals surface area contributed by atoms with Crippen LogP contribution in [-0.4, -0.2) is 33.5 Å². The van der Waals surface area contributed by atoms with Crippen LogP contribution in [0.3, 0.4) is 0 Å². The van der Waals surface area contributed by atoms with Gasteiger partial charge in [0.1, 0.15) is 5.67 Å². The van der Waals surface area contributed by atoms with E-state index in [1.165, 1.54) is 0 Å². The predicted molar refractivity (Wildman–Crippen MR) is 66.3 cm³/mol. The van der Waals surface area contributed by atoms with Gasteiger partial charge in [0.05, 0.1) is 0 Å². The van der Waals surface area contributed by atoms with E-state index in [1.807, 2.05) is 20.4 Å². The molecule has 0 heterocycles. The Morgan fingerprint density at radius 1 is 1.25 bits per heavy atom. The molecular weight excluding hydrogens is 222 g/mol. The van der Waals surface area contributed by atoms with Gasteiger partial charge in [0.2, 0.25) is 6.08 Å². The highest BCUT2D eigenvalue weighted by Crippen LogP contribution is 2.20. The van der Waals surface area contributed by atoms with E-state index in [4.69, 9.17) is 8.85 Å². The Morgan fingerprint density at radius 3 is 2.19 bits per heavy atom. The lowest BCUT2D eigenvalue weighted by atomic mass is 10.2. The lowest BCUT2D eigenvalue weighted by Gasteiger charge is -2.30. The summed E-state index contributed by atoms with van der Waals surface area (Å²) in [7, 11) is -2.37. The molecule has 0 aromatic rings. The van der Waals surface area contributed by atoms with Gasteiger partial charge in [0.25, 0.3) is 0 Å². The van der Waals surface area contributed by atoms with E-state index in [-0.39, 0.29) is 5.67 Å². The Hall–Kier alpha value is -0.483. The first-order valence-electron chi connectivity index (χ1n) is 5.99. The molecule has 0 aromatic carbocycles. The van der Waals surface area contributed by atoms with Crippen LogP contribution < -0.4 is 0 Å². The molecule has 5 heteroatoms. The molecule has 0 amide bonds. The van der Waals surface area contributed by atoms with Crippen molar-refractivity contribution in [2.75, 3.05) is 13.2 Å². The van der Waals surface area contributed by atoms with E-state index in [1.54, 1.807) is 6.08 Å². The zero-order valence-corrected chi connectivity index (χ0v) is 11.8. The topological polar surface area (TPSA) is 47.9 Å². The molecule has 0 saturated heterocycles. The van der Waals surface area contributed by atoms with Crippen LogP contribution in [0, 0.1) is 0 Å². The number of carbonyl (C=O) groups excluding carboxylic acids is 1. The molecule has 0 radical (unpaired) electrons. The standard InChI is InChI=1S/C11H23NO3Si/c1-5-8-9-11(12-10-13)16(4,14-6-2)15-7-3/h11H,5-9H2,1-4H3. The quantitative estimate of drug-likeness (QED) is 0.356. The maximum absolute atomic E-state index is 10.5. The fourth-order valence-corrected chi connectivity index (χ4v) is 4.34. The highest BCUT2D eigenvalue weighted by Gasteiger charge is 2.40. The van der Waals surface area contributed by atoms with Crippen LogP contribution in [0.15, 0.2) is 4.99 Å². The summed E-state index contributed by atoms with van der Waals surface area (Å²) in [6.45, 7) is 9.15. The van der Waals surface area contributed by atoms with Gasteiger partial charge < -0.3 is 8.85 Å². The van der Waals surface area contributed by atoms with Crippen molar-refractivity contribution in [2.24, 2.45) is 4.99 Å². The second kappa shape index (κ2) is 8.64. The van der Waals surface area contributed by atoms with Crippen LogP contribution in [-0.2, 0) is 13.6 Å². The molecule has 0 aliphatic carbocycles. The van der Waals surface area contributed by atoms with Gasteiger partial charge in [-0.15, -0.1) is 0 Å². The van der Waals surface area contributed by atoms with Crippen molar-refractivity contribution in [2.45, 2.75) is 52.2 Å². The molecule has 0 N–H and O–H groups in total. The van der Waals surface area contributed by atoms with E-state index in [0.29, 0.717) is 13.2 Å². The molecule has 94 valence electrons. The predicted octanol–water partition coefficient (Wildman–Crippen LogP) is 2.57. The van der Waals surface area contributed by atoms with Gasteiger partial charge in [-0.3, -0.25) is 0 Å². The summed E-state index contributed by atoms with van der Waals surface area (Å²) < 4.78 is 11.5. The molecule has 0 rings (SSSR count). The highest BCUT2D eigenvalue weighted by atomic mass is 28.4. The van der Waals surface area contributed by atoms with Gasteiger partial charge in [0, 0.05) is 13.2 Å². The van der Waals surface area contributed by atoms with Crippen molar-refractivity contribution in [1.29, 1.82) is 0 Å². The van der Waals surface area contributed by atoms with Crippen LogP contribution >= 0.6 is 0 Å². The summed E-state index contributed by atoms with van der Waals surface area (Å²) in [5.41, 5.74) is -0.134. The summed E-state index contributed by atoms with van der Waals surface area (Å²) in [4.78, 5) is 14.3. The Bertz CT molecular complexity index is 223. The lowest BCUT2D eigenvalue weighted by molar-refractivity contribution is 0.178. The summed E-state index contributed by atoms with van der Waals surface area (Å²) >= 11 is 0. The molecule has 0 bridgehead atoms. The van der Waals surface area contributed by atoms with Crippen molar-refractivity contribution in [1.82, 2.24) is 0 Å². The van der Waals surface area contributed by atoms with Crippen LogP contribution in [0.1, 0.15) is 40.0 Å². The number of hydrogen-bond donors (Lipinski definition) is 0. The maximum Gasteiger partial charge on any atom is 0.361 e. The van der Waals surface area contributed by atoms with E-state index >= 15 is 0 Å². The average Bonchev–Trinajstić information content (AvgIpc) is 2.24. The second-order valence-corrected chi connectivity index (χ2v) is 7.04. The van der Waals surface area contributed by atoms with Crippen LogP contribution in [0.2, 0.25) is 6.55 Å². The lowest BCUT2D eigenvalue weighted by Crippen LogP contribution is -2.50. The summed E-state index contributed by atoms with van der Waals surface area (Å²) in [6, 6.07) is 0. The van der Waals surface area contributed by atoms with Crippen LogP contribution in [0.4, 0.5) is 0 Å². The molecule has 16 heavy (non-hydrogen) atoms. The summed E-state index contributed by atoms with van der Waals surface area (Å²) in [5, 5.41) is 0. The molecule has 1 atom stereocenters. The monoisotopic (exact) mass is 245 g/mol. The van der Waals surface area contributed by atoms with Gasteiger partial charge in [-0.25, -0.2) is 9.79 Å². The first-order chi connectivity index (χ1) is 7.64. The van der Waals surface area contributed by atoms with Crippen molar-refractivity contribution in [3.63, 3.8) is 0 Å². The van der Waals surface area contributed by atoms with Gasteiger partial charge in [-0.2, -0.15) is 0 Å². The first-order valence-corrected chi connectivity index (χ1v) is 8.38. The van der Waals surface area contributed by atoms with Crippen molar-refractivity contribution < 1.29 is 13.6 Å². The largest absolute Gasteiger partial charge is 0.393 e. The second-order valence-electron chi connectivity index (χ2n) is 3.76. The zero-order valence-electron chi connectivity index (χ0n) is 10.8. The number of isocyanates is 1. The number of aliphatic imine (C=N–C) groups is 1. The van der Waals surface area contributed by atoms with Gasteiger partial charge in [-0.05, 0) is 26.8 Å². The zero-order chi connectivity index (χ0) is 12.4. The summed E-state index contributed by atoms with van der Waals surface area (Å²) in [6.07, 6.45) is 4.59. The summed E-state index contributed by atoms with van der Waals surface area (Å²) in [5.74, 6) is 0. The Balaban J connectivity index is 4.69. The minimum atomic E-state index is -2.37. The van der Waals surface area contributed by atoms with Crippen LogP contribution in [0.5, 0.6) is 0 Å². The van der Waals surface area contributed by atoms with Crippen LogP contribution in [0.25, 0.3) is 0 Å². The molecule has 4 nitrogen and oxygen atoms in total. The van der Waals surface area contributed by atoms with E-state index in [9.17, 15) is 4.79 Å². The SMILES string of the molecule is CCCCC(N=C=O)[Si](C)(OCC)OCC. The number of rotatable bonds is 9. The molecule has 0 aliphatic rings. The first kappa shape index (κ1) is 15.5. The smallest absolute Gasteiger partial charge is 0.361 e.